The van der Waals surface area contributed by atoms with Crippen LogP contribution in [-0.4, -0.2) is 36.1 Å². The van der Waals surface area contributed by atoms with Crippen LogP contribution in [0.4, 0.5) is 5.69 Å². The van der Waals surface area contributed by atoms with Gasteiger partial charge in [0.2, 0.25) is 5.91 Å². The lowest BCUT2D eigenvalue weighted by Crippen LogP contribution is -2.45. The molecule has 0 radical (unpaired) electrons. The van der Waals surface area contributed by atoms with Gasteiger partial charge in [-0.25, -0.2) is 0 Å². The number of hydrogen-bond acceptors (Lipinski definition) is 5. The summed E-state index contributed by atoms with van der Waals surface area (Å²) in [5.41, 5.74) is 6.75. The van der Waals surface area contributed by atoms with Crippen molar-refractivity contribution in [2.45, 2.75) is 25.3 Å². The molecule has 0 saturated carbocycles. The Morgan fingerprint density at radius 1 is 1.00 bits per heavy atom. The lowest BCUT2D eigenvalue weighted by Gasteiger charge is -2.20. The number of unbranched alkanes of at least 4 members (excludes halogenated alkanes) is 1. The fourth-order valence-corrected chi connectivity index (χ4v) is 3.93. The zero-order valence-corrected chi connectivity index (χ0v) is 20.5. The Hall–Kier alpha value is -3.26. The molecule has 9 heteroatoms. The molecule has 0 spiro atoms. The zero-order chi connectivity index (χ0) is 25.2. The highest BCUT2D eigenvalue weighted by molar-refractivity contribution is 6.39. The van der Waals surface area contributed by atoms with Gasteiger partial charge in [-0.2, -0.15) is 0 Å². The first kappa shape index (κ1) is 26.3. The van der Waals surface area contributed by atoms with E-state index < -0.39 is 23.6 Å². The van der Waals surface area contributed by atoms with Crippen molar-refractivity contribution in [2.24, 2.45) is 5.73 Å². The number of rotatable bonds is 11. The van der Waals surface area contributed by atoms with Gasteiger partial charge in [0.05, 0.1) is 17.2 Å². The first-order valence-corrected chi connectivity index (χ1v) is 11.9. The van der Waals surface area contributed by atoms with Gasteiger partial charge in [0.1, 0.15) is 11.1 Å². The molecule has 1 atom stereocenters. The molecule has 5 N–H and O–H groups in total. The second kappa shape index (κ2) is 13.0. The van der Waals surface area contributed by atoms with E-state index in [-0.39, 0.29) is 27.8 Å². The van der Waals surface area contributed by atoms with E-state index in [1.807, 2.05) is 36.4 Å². The van der Waals surface area contributed by atoms with Crippen molar-refractivity contribution in [1.29, 1.82) is 0 Å². The Balaban J connectivity index is 1.81. The minimum Gasteiger partial charge on any atom is -0.505 e. The number of nitrogens with two attached hydrogens (primary N) is 1. The van der Waals surface area contributed by atoms with E-state index in [1.54, 1.807) is 24.3 Å². The van der Waals surface area contributed by atoms with E-state index in [0.29, 0.717) is 25.3 Å². The molecule has 0 aromatic heterocycles. The number of carbonyl (C=O) groups excluding carboxylic acids is 2. The summed E-state index contributed by atoms with van der Waals surface area (Å²) in [5, 5.41) is 16.0. The second-order valence-corrected chi connectivity index (χ2v) is 8.60. The van der Waals surface area contributed by atoms with Gasteiger partial charge in [0.15, 0.2) is 11.5 Å². The van der Waals surface area contributed by atoms with E-state index in [2.05, 4.69) is 10.6 Å². The third-order valence-electron chi connectivity index (χ3n) is 5.19. The molecule has 0 saturated heterocycles. The van der Waals surface area contributed by atoms with Crippen LogP contribution in [0.25, 0.3) is 0 Å². The average Bonchev–Trinajstić information content (AvgIpc) is 2.86. The lowest BCUT2D eigenvalue weighted by atomic mass is 10.0. The van der Waals surface area contributed by atoms with E-state index in [1.165, 1.54) is 6.07 Å². The van der Waals surface area contributed by atoms with Crippen molar-refractivity contribution in [1.82, 2.24) is 5.32 Å². The maximum absolute atomic E-state index is 13.1. The van der Waals surface area contributed by atoms with Crippen molar-refractivity contribution in [3.8, 4) is 11.5 Å². The summed E-state index contributed by atoms with van der Waals surface area (Å²) in [6, 6.07) is 18.5. The summed E-state index contributed by atoms with van der Waals surface area (Å²) in [6.45, 7) is 0.831. The van der Waals surface area contributed by atoms with Crippen LogP contribution >= 0.6 is 23.2 Å². The number of halogens is 2. The van der Waals surface area contributed by atoms with E-state index >= 15 is 0 Å². The summed E-state index contributed by atoms with van der Waals surface area (Å²) in [5.74, 6) is -1.51. The first-order valence-electron chi connectivity index (χ1n) is 11.1. The molecule has 0 aliphatic carbocycles. The van der Waals surface area contributed by atoms with E-state index in [4.69, 9.17) is 33.7 Å². The van der Waals surface area contributed by atoms with Crippen LogP contribution in [0, 0.1) is 0 Å². The van der Waals surface area contributed by atoms with E-state index in [9.17, 15) is 14.7 Å². The van der Waals surface area contributed by atoms with Crippen LogP contribution in [0.2, 0.25) is 10.0 Å². The minimum atomic E-state index is -0.936. The summed E-state index contributed by atoms with van der Waals surface area (Å²) < 4.78 is 5.57. The number of nitrogens with one attached hydrogen (secondary N) is 2. The number of para-hydroxylation sites is 1. The highest BCUT2D eigenvalue weighted by Gasteiger charge is 2.26. The molecule has 0 aliphatic heterocycles. The molecular formula is C26H27Cl2N3O4. The Labute approximate surface area is 214 Å². The molecule has 0 aliphatic rings. The monoisotopic (exact) mass is 515 g/mol. The Morgan fingerprint density at radius 3 is 2.31 bits per heavy atom. The van der Waals surface area contributed by atoms with Crippen molar-refractivity contribution >= 4 is 40.7 Å². The predicted molar refractivity (Wildman–Crippen MR) is 138 cm³/mol. The van der Waals surface area contributed by atoms with E-state index in [0.717, 1.165) is 12.0 Å². The third kappa shape index (κ3) is 7.36. The normalized spacial score (nSPS) is 11.5. The molecule has 3 aromatic carbocycles. The highest BCUT2D eigenvalue weighted by atomic mass is 35.5. The minimum absolute atomic E-state index is 0.0686. The molecule has 0 unspecified atom stereocenters. The molecule has 3 aromatic rings. The van der Waals surface area contributed by atoms with Crippen LogP contribution in [-0.2, 0) is 11.2 Å². The second-order valence-electron chi connectivity index (χ2n) is 7.81. The van der Waals surface area contributed by atoms with Crippen LogP contribution in [0.1, 0.15) is 28.8 Å². The van der Waals surface area contributed by atoms with Gasteiger partial charge in [-0.15, -0.1) is 0 Å². The summed E-state index contributed by atoms with van der Waals surface area (Å²) in [7, 11) is 0. The van der Waals surface area contributed by atoms with Gasteiger partial charge in [0, 0.05) is 12.1 Å². The molecule has 0 bridgehead atoms. The number of ether oxygens (including phenoxy) is 1. The predicted octanol–water partition coefficient (Wildman–Crippen LogP) is 4.80. The van der Waals surface area contributed by atoms with Crippen LogP contribution in [0.15, 0.2) is 66.7 Å². The molecule has 0 heterocycles. The molecule has 0 fully saturated rings. The molecule has 184 valence electrons. The number of carbonyl (C=O) groups is 2. The number of aromatic hydroxyl groups is 1. The Bertz CT molecular complexity index is 1140. The van der Waals surface area contributed by atoms with Crippen LogP contribution in [0.3, 0.4) is 0 Å². The van der Waals surface area contributed by atoms with Crippen molar-refractivity contribution in [3.63, 3.8) is 0 Å². The smallest absolute Gasteiger partial charge is 0.255 e. The van der Waals surface area contributed by atoms with Gasteiger partial charge >= 0.3 is 0 Å². The molecular weight excluding hydrogens is 489 g/mol. The van der Waals surface area contributed by atoms with Crippen LogP contribution in [0.5, 0.6) is 11.5 Å². The SMILES string of the molecule is NCCCCOc1c(Cl)cc(C(=O)N[C@@H](Cc2ccccc2)C(=O)Nc2ccccc2)c(O)c1Cl. The number of phenolic OH excluding ortho intramolecular Hbond substituents is 1. The lowest BCUT2D eigenvalue weighted by molar-refractivity contribution is -0.118. The summed E-state index contributed by atoms with van der Waals surface area (Å²) in [6.07, 6.45) is 1.68. The third-order valence-corrected chi connectivity index (χ3v) is 5.82. The largest absolute Gasteiger partial charge is 0.505 e. The number of phenols is 1. The maximum atomic E-state index is 13.1. The number of hydrogen-bond donors (Lipinski definition) is 4. The summed E-state index contributed by atoms with van der Waals surface area (Å²) >= 11 is 12.5. The summed E-state index contributed by atoms with van der Waals surface area (Å²) in [4.78, 5) is 26.2. The number of anilines is 1. The topological polar surface area (TPSA) is 114 Å². The molecule has 35 heavy (non-hydrogen) atoms. The first-order chi connectivity index (χ1) is 16.9. The van der Waals surface area contributed by atoms with Gasteiger partial charge in [-0.1, -0.05) is 71.7 Å². The Morgan fingerprint density at radius 2 is 1.66 bits per heavy atom. The fourth-order valence-electron chi connectivity index (χ4n) is 3.36. The van der Waals surface area contributed by atoms with Crippen molar-refractivity contribution < 1.29 is 19.4 Å². The van der Waals surface area contributed by atoms with Crippen molar-refractivity contribution in [3.05, 3.63) is 87.9 Å². The maximum Gasteiger partial charge on any atom is 0.255 e. The molecule has 7 nitrogen and oxygen atoms in total. The number of amides is 2. The average molecular weight is 516 g/mol. The molecule has 2 amide bonds. The van der Waals surface area contributed by atoms with Crippen molar-refractivity contribution in [2.75, 3.05) is 18.5 Å². The zero-order valence-electron chi connectivity index (χ0n) is 19.0. The van der Waals surface area contributed by atoms with Gasteiger partial charge in [-0.3, -0.25) is 9.59 Å². The number of benzene rings is 3. The standard InChI is InChI=1S/C26H27Cl2N3O4/c27-20-16-19(23(32)22(28)24(20)35-14-8-7-13-29)25(33)31-21(15-17-9-3-1-4-10-17)26(34)30-18-11-5-2-6-12-18/h1-6,9-12,16,21,32H,7-8,13-15,29H2,(H,30,34)(H,31,33)/t21-/m0/s1. The molecule has 3 rings (SSSR count). The quantitative estimate of drug-likeness (QED) is 0.274. The Kier molecular flexibility index (Phi) is 9.78. The highest BCUT2D eigenvalue weighted by Crippen LogP contribution is 2.42. The van der Waals surface area contributed by atoms with Gasteiger partial charge < -0.3 is 26.2 Å². The van der Waals surface area contributed by atoms with Gasteiger partial charge in [-0.05, 0) is 43.1 Å². The fraction of sp³-hybridized carbons (Fsp3) is 0.231. The van der Waals surface area contributed by atoms with Crippen LogP contribution < -0.4 is 21.1 Å². The van der Waals surface area contributed by atoms with Gasteiger partial charge in [0.25, 0.3) is 5.91 Å².